The maximum Gasteiger partial charge on any atom is 0.146 e. The lowest BCUT2D eigenvalue weighted by atomic mass is 10.1. The first kappa shape index (κ1) is 9.99. The van der Waals surface area contributed by atoms with Crippen molar-refractivity contribution in [1.29, 1.82) is 0 Å². The Bertz CT molecular complexity index is 297. The van der Waals surface area contributed by atoms with E-state index in [2.05, 4.69) is 0 Å². The number of halogens is 1. The molecular weight excluding hydrogens is 169 g/mol. The van der Waals surface area contributed by atoms with Crippen LogP contribution in [0.4, 0.5) is 10.1 Å². The maximum absolute atomic E-state index is 13.3. The topological polar surface area (TPSA) is 23.5 Å². The number of para-hydroxylation sites is 1. The second-order valence-electron chi connectivity index (χ2n) is 3.25. The number of aliphatic hydroxyl groups is 1. The largest absolute Gasteiger partial charge is 0.389 e. The second kappa shape index (κ2) is 3.75. The number of nitrogens with zero attached hydrogens (tertiary/aromatic N) is 1. The van der Waals surface area contributed by atoms with Gasteiger partial charge in [0.05, 0.1) is 11.8 Å². The van der Waals surface area contributed by atoms with Gasteiger partial charge in [0.1, 0.15) is 5.82 Å². The van der Waals surface area contributed by atoms with Crippen LogP contribution in [0, 0.1) is 5.82 Å². The highest BCUT2D eigenvalue weighted by Gasteiger charge is 2.13. The third-order valence-corrected chi connectivity index (χ3v) is 1.92. The summed E-state index contributed by atoms with van der Waals surface area (Å²) in [5.74, 6) is -0.302. The zero-order valence-electron chi connectivity index (χ0n) is 8.08. The van der Waals surface area contributed by atoms with Crippen LogP contribution in [0.15, 0.2) is 18.2 Å². The van der Waals surface area contributed by atoms with Crippen molar-refractivity contribution in [3.8, 4) is 0 Å². The molecule has 0 heterocycles. The smallest absolute Gasteiger partial charge is 0.146 e. The van der Waals surface area contributed by atoms with Crippen molar-refractivity contribution < 1.29 is 9.50 Å². The van der Waals surface area contributed by atoms with Crippen molar-refractivity contribution in [2.75, 3.05) is 19.0 Å². The summed E-state index contributed by atoms with van der Waals surface area (Å²) in [5, 5.41) is 9.38. The van der Waals surface area contributed by atoms with Gasteiger partial charge < -0.3 is 10.0 Å². The lowest BCUT2D eigenvalue weighted by Gasteiger charge is -2.19. The fourth-order valence-electron chi connectivity index (χ4n) is 1.34. The highest BCUT2D eigenvalue weighted by Crippen LogP contribution is 2.27. The molecule has 1 aromatic rings. The Morgan fingerprint density at radius 1 is 1.38 bits per heavy atom. The molecule has 0 aliphatic carbocycles. The summed E-state index contributed by atoms with van der Waals surface area (Å²) in [5.41, 5.74) is 1.07. The molecule has 0 fully saturated rings. The molecule has 13 heavy (non-hydrogen) atoms. The predicted molar refractivity (Wildman–Crippen MR) is 51.4 cm³/mol. The van der Waals surface area contributed by atoms with Gasteiger partial charge in [0.2, 0.25) is 0 Å². The molecule has 1 N–H and O–H groups in total. The Kier molecular flexibility index (Phi) is 2.88. The quantitative estimate of drug-likeness (QED) is 0.757. The summed E-state index contributed by atoms with van der Waals surface area (Å²) in [6.45, 7) is 1.63. The van der Waals surface area contributed by atoms with Gasteiger partial charge in [-0.25, -0.2) is 4.39 Å². The molecule has 72 valence electrons. The fourth-order valence-corrected chi connectivity index (χ4v) is 1.34. The van der Waals surface area contributed by atoms with E-state index in [1.54, 1.807) is 38.1 Å². The number of benzene rings is 1. The summed E-state index contributed by atoms with van der Waals surface area (Å²) in [6, 6.07) is 4.72. The van der Waals surface area contributed by atoms with Gasteiger partial charge in [0, 0.05) is 19.7 Å². The Morgan fingerprint density at radius 3 is 2.38 bits per heavy atom. The highest BCUT2D eigenvalue weighted by atomic mass is 19.1. The molecule has 0 radical (unpaired) electrons. The molecule has 3 heteroatoms. The Hall–Kier alpha value is -1.09. The number of hydrogen-bond acceptors (Lipinski definition) is 2. The molecule has 1 aromatic carbocycles. The normalized spacial score (nSPS) is 12.7. The van der Waals surface area contributed by atoms with E-state index in [1.165, 1.54) is 6.07 Å². The van der Waals surface area contributed by atoms with Crippen LogP contribution in [0.1, 0.15) is 18.6 Å². The lowest BCUT2D eigenvalue weighted by Crippen LogP contribution is -2.14. The number of anilines is 1. The molecule has 0 spiro atoms. The molecule has 0 saturated carbocycles. The Morgan fingerprint density at radius 2 is 2.00 bits per heavy atom. The zero-order valence-corrected chi connectivity index (χ0v) is 8.08. The third kappa shape index (κ3) is 1.98. The van der Waals surface area contributed by atoms with Crippen LogP contribution in [-0.4, -0.2) is 19.2 Å². The lowest BCUT2D eigenvalue weighted by molar-refractivity contribution is 0.199. The minimum Gasteiger partial charge on any atom is -0.389 e. The van der Waals surface area contributed by atoms with Crippen molar-refractivity contribution in [3.63, 3.8) is 0 Å². The molecular formula is C10H14FNO. The summed E-state index contributed by atoms with van der Waals surface area (Å²) in [6.07, 6.45) is -0.645. The molecule has 0 amide bonds. The molecule has 0 aliphatic heterocycles. The van der Waals surface area contributed by atoms with Crippen LogP contribution in [0.5, 0.6) is 0 Å². The summed E-state index contributed by atoms with van der Waals surface area (Å²) < 4.78 is 13.3. The van der Waals surface area contributed by atoms with Crippen molar-refractivity contribution >= 4 is 5.69 Å². The third-order valence-electron chi connectivity index (χ3n) is 1.92. The molecule has 2 nitrogen and oxygen atoms in total. The van der Waals surface area contributed by atoms with E-state index in [-0.39, 0.29) is 5.82 Å². The van der Waals surface area contributed by atoms with Crippen LogP contribution in [0.3, 0.4) is 0 Å². The van der Waals surface area contributed by atoms with Crippen LogP contribution in [0.2, 0.25) is 0 Å². The van der Waals surface area contributed by atoms with Gasteiger partial charge in [-0.05, 0) is 13.0 Å². The average molecular weight is 183 g/mol. The van der Waals surface area contributed by atoms with Crippen LogP contribution >= 0.6 is 0 Å². The highest BCUT2D eigenvalue weighted by molar-refractivity contribution is 5.54. The molecule has 0 unspecified atom stereocenters. The maximum atomic E-state index is 13.3. The minimum atomic E-state index is -0.645. The average Bonchev–Trinajstić information content (AvgIpc) is 2.02. The zero-order chi connectivity index (χ0) is 10.0. The van der Waals surface area contributed by atoms with E-state index in [1.807, 2.05) is 0 Å². The van der Waals surface area contributed by atoms with Gasteiger partial charge in [0.15, 0.2) is 0 Å². The van der Waals surface area contributed by atoms with E-state index < -0.39 is 6.10 Å². The Balaban J connectivity index is 3.26. The first-order valence-electron chi connectivity index (χ1n) is 4.18. The Labute approximate surface area is 77.6 Å². The number of hydrogen-bond donors (Lipinski definition) is 1. The molecule has 0 aliphatic rings. The first-order valence-corrected chi connectivity index (χ1v) is 4.18. The van der Waals surface area contributed by atoms with Gasteiger partial charge in [-0.15, -0.1) is 0 Å². The predicted octanol–water partition coefficient (Wildman–Crippen LogP) is 1.94. The monoisotopic (exact) mass is 183 g/mol. The first-order chi connectivity index (χ1) is 6.04. The van der Waals surface area contributed by atoms with Crippen molar-refractivity contribution in [2.45, 2.75) is 13.0 Å². The SMILES string of the molecule is C[C@H](O)c1cccc(F)c1N(C)C. The molecule has 1 atom stereocenters. The minimum absolute atomic E-state index is 0.302. The van der Waals surface area contributed by atoms with Crippen molar-refractivity contribution in [2.24, 2.45) is 0 Å². The molecule has 0 aromatic heterocycles. The number of rotatable bonds is 2. The standard InChI is InChI=1S/C10H14FNO/c1-7(13)8-5-4-6-9(11)10(8)12(2)3/h4-7,13H,1-3H3/t7-/m0/s1. The van der Waals surface area contributed by atoms with Gasteiger partial charge in [-0.3, -0.25) is 0 Å². The number of aliphatic hydroxyl groups excluding tert-OH is 1. The fraction of sp³-hybridized carbons (Fsp3) is 0.400. The molecule has 1 rings (SSSR count). The molecule has 0 saturated heterocycles. The van der Waals surface area contributed by atoms with Crippen LogP contribution < -0.4 is 4.90 Å². The van der Waals surface area contributed by atoms with Gasteiger partial charge in [-0.1, -0.05) is 12.1 Å². The summed E-state index contributed by atoms with van der Waals surface area (Å²) >= 11 is 0. The van der Waals surface area contributed by atoms with Crippen molar-refractivity contribution in [3.05, 3.63) is 29.6 Å². The van der Waals surface area contributed by atoms with E-state index >= 15 is 0 Å². The van der Waals surface area contributed by atoms with Gasteiger partial charge >= 0.3 is 0 Å². The van der Waals surface area contributed by atoms with Crippen LogP contribution in [0.25, 0.3) is 0 Å². The van der Waals surface area contributed by atoms with E-state index in [0.717, 1.165) is 0 Å². The van der Waals surface area contributed by atoms with Gasteiger partial charge in [-0.2, -0.15) is 0 Å². The van der Waals surface area contributed by atoms with E-state index in [0.29, 0.717) is 11.3 Å². The van der Waals surface area contributed by atoms with Gasteiger partial charge in [0.25, 0.3) is 0 Å². The van der Waals surface area contributed by atoms with E-state index in [9.17, 15) is 9.50 Å². The van der Waals surface area contributed by atoms with E-state index in [4.69, 9.17) is 0 Å². The van der Waals surface area contributed by atoms with Crippen molar-refractivity contribution in [1.82, 2.24) is 0 Å². The van der Waals surface area contributed by atoms with Crippen LogP contribution in [-0.2, 0) is 0 Å². The molecule has 0 bridgehead atoms. The summed E-state index contributed by atoms with van der Waals surface area (Å²) in [7, 11) is 3.51. The second-order valence-corrected chi connectivity index (χ2v) is 3.25. The summed E-state index contributed by atoms with van der Waals surface area (Å²) in [4.78, 5) is 1.66.